The first-order valence-corrected chi connectivity index (χ1v) is 7.59. The maximum atomic E-state index is 13.0. The summed E-state index contributed by atoms with van der Waals surface area (Å²) in [6, 6.07) is 9.76. The number of aryl methyl sites for hydroxylation is 1. The van der Waals surface area contributed by atoms with Crippen molar-refractivity contribution in [3.05, 3.63) is 71.9 Å². The second kappa shape index (κ2) is 5.35. The van der Waals surface area contributed by atoms with Crippen molar-refractivity contribution in [2.45, 2.75) is 13.3 Å². The lowest BCUT2D eigenvalue weighted by Gasteiger charge is -2.19. The number of hydrogen-bond acceptors (Lipinski definition) is 3. The van der Waals surface area contributed by atoms with Gasteiger partial charge in [0, 0.05) is 30.7 Å². The highest BCUT2D eigenvalue weighted by Gasteiger charge is 2.27. The third-order valence-electron chi connectivity index (χ3n) is 4.20. The van der Waals surface area contributed by atoms with E-state index in [0.29, 0.717) is 11.4 Å². The molecule has 0 atom stereocenters. The molecule has 1 aromatic carbocycles. The van der Waals surface area contributed by atoms with Crippen LogP contribution in [0.2, 0.25) is 0 Å². The second-order valence-electron chi connectivity index (χ2n) is 5.66. The maximum Gasteiger partial charge on any atom is 0.258 e. The van der Waals surface area contributed by atoms with Crippen molar-refractivity contribution in [3.63, 3.8) is 0 Å². The normalized spacial score (nSPS) is 13.2. The molecule has 0 N–H and O–H groups in total. The number of fused-ring (bicyclic) bond motifs is 1. The highest BCUT2D eigenvalue weighted by molar-refractivity contribution is 6.07. The van der Waals surface area contributed by atoms with Crippen LogP contribution < -0.4 is 4.90 Å². The van der Waals surface area contributed by atoms with Crippen molar-refractivity contribution in [1.82, 2.24) is 14.5 Å². The van der Waals surface area contributed by atoms with Crippen LogP contribution in [-0.2, 0) is 6.42 Å². The number of rotatable bonds is 2. The summed E-state index contributed by atoms with van der Waals surface area (Å²) in [6.07, 6.45) is 7.74. The van der Waals surface area contributed by atoms with Crippen LogP contribution in [0.15, 0.2) is 55.2 Å². The molecule has 2 aromatic heterocycles. The summed E-state index contributed by atoms with van der Waals surface area (Å²) in [7, 11) is 0. The lowest BCUT2D eigenvalue weighted by atomic mass is 10.1. The number of benzene rings is 1. The zero-order chi connectivity index (χ0) is 15.8. The molecular formula is C18H16N4O. The lowest BCUT2D eigenvalue weighted by Crippen LogP contribution is -2.29. The Kier molecular flexibility index (Phi) is 3.19. The van der Waals surface area contributed by atoms with E-state index in [-0.39, 0.29) is 5.91 Å². The van der Waals surface area contributed by atoms with Gasteiger partial charge in [-0.05, 0) is 36.6 Å². The monoisotopic (exact) mass is 304 g/mol. The molecule has 114 valence electrons. The molecule has 3 aromatic rings. The zero-order valence-corrected chi connectivity index (χ0v) is 12.8. The Morgan fingerprint density at radius 1 is 1.22 bits per heavy atom. The quantitative estimate of drug-likeness (QED) is 0.731. The van der Waals surface area contributed by atoms with Crippen LogP contribution in [0.1, 0.15) is 21.5 Å². The van der Waals surface area contributed by atoms with Crippen LogP contribution in [0.25, 0.3) is 5.82 Å². The highest BCUT2D eigenvalue weighted by atomic mass is 16.2. The van der Waals surface area contributed by atoms with Crippen molar-refractivity contribution in [2.24, 2.45) is 0 Å². The first kappa shape index (κ1) is 13.7. The molecule has 1 amide bonds. The number of aromatic nitrogens is 3. The summed E-state index contributed by atoms with van der Waals surface area (Å²) < 4.78 is 1.79. The first-order valence-electron chi connectivity index (χ1n) is 7.59. The Balaban J connectivity index is 1.71. The van der Waals surface area contributed by atoms with Crippen molar-refractivity contribution >= 4 is 11.6 Å². The number of carbonyl (C=O) groups excluding carboxylic acids is 1. The number of pyridine rings is 1. The summed E-state index contributed by atoms with van der Waals surface area (Å²) >= 11 is 0. The minimum atomic E-state index is 0.0156. The van der Waals surface area contributed by atoms with Crippen molar-refractivity contribution < 1.29 is 4.79 Å². The molecule has 3 heterocycles. The van der Waals surface area contributed by atoms with Gasteiger partial charge in [-0.1, -0.05) is 18.2 Å². The molecular weight excluding hydrogens is 288 g/mol. The highest BCUT2D eigenvalue weighted by Crippen LogP contribution is 2.32. The van der Waals surface area contributed by atoms with Gasteiger partial charge in [-0.15, -0.1) is 0 Å². The van der Waals surface area contributed by atoms with Crippen LogP contribution in [0, 0.1) is 6.92 Å². The summed E-state index contributed by atoms with van der Waals surface area (Å²) in [5.41, 5.74) is 4.07. The fraction of sp³-hybridized carbons (Fsp3) is 0.167. The molecule has 5 nitrogen and oxygen atoms in total. The third kappa shape index (κ3) is 2.30. The van der Waals surface area contributed by atoms with Crippen molar-refractivity contribution in [2.75, 3.05) is 11.4 Å². The molecule has 0 fully saturated rings. The van der Waals surface area contributed by atoms with E-state index in [9.17, 15) is 4.79 Å². The van der Waals surface area contributed by atoms with Gasteiger partial charge in [-0.3, -0.25) is 9.36 Å². The SMILES string of the molecule is Cc1cccc2c1N(C(=O)c1ccnc(-n3ccnc3)c1)CC2. The standard InChI is InChI=1S/C18H16N4O/c1-13-3-2-4-14-6-9-22(17(13)14)18(23)15-5-7-20-16(11-15)21-10-8-19-12-21/h2-5,7-8,10-12H,6,9H2,1H3. The Morgan fingerprint density at radius 2 is 2.13 bits per heavy atom. The van der Waals surface area contributed by atoms with E-state index in [2.05, 4.69) is 16.0 Å². The van der Waals surface area contributed by atoms with Gasteiger partial charge in [-0.2, -0.15) is 0 Å². The van der Waals surface area contributed by atoms with Gasteiger partial charge in [0.1, 0.15) is 12.1 Å². The molecule has 5 heteroatoms. The minimum absolute atomic E-state index is 0.0156. The van der Waals surface area contributed by atoms with Crippen LogP contribution in [0.5, 0.6) is 0 Å². The molecule has 0 unspecified atom stereocenters. The summed E-state index contributed by atoms with van der Waals surface area (Å²) in [4.78, 5) is 23.2. The summed E-state index contributed by atoms with van der Waals surface area (Å²) in [5.74, 6) is 0.708. The Bertz CT molecular complexity index is 870. The predicted octanol–water partition coefficient (Wildman–Crippen LogP) is 2.78. The molecule has 0 radical (unpaired) electrons. The fourth-order valence-electron chi connectivity index (χ4n) is 3.10. The van der Waals surface area contributed by atoms with Crippen LogP contribution in [0.3, 0.4) is 0 Å². The van der Waals surface area contributed by atoms with Gasteiger partial charge in [0.25, 0.3) is 5.91 Å². The maximum absolute atomic E-state index is 13.0. The average molecular weight is 304 g/mol. The molecule has 0 saturated carbocycles. The molecule has 1 aliphatic heterocycles. The fourth-order valence-corrected chi connectivity index (χ4v) is 3.10. The van der Waals surface area contributed by atoms with E-state index in [1.807, 2.05) is 30.2 Å². The van der Waals surface area contributed by atoms with Gasteiger partial charge >= 0.3 is 0 Å². The molecule has 0 bridgehead atoms. The van der Waals surface area contributed by atoms with Crippen LogP contribution >= 0.6 is 0 Å². The number of hydrogen-bond donors (Lipinski definition) is 0. The van der Waals surface area contributed by atoms with Crippen molar-refractivity contribution in [1.29, 1.82) is 0 Å². The average Bonchev–Trinajstić information content (AvgIpc) is 3.25. The van der Waals surface area contributed by atoms with Crippen LogP contribution in [-0.4, -0.2) is 27.0 Å². The lowest BCUT2D eigenvalue weighted by molar-refractivity contribution is 0.0989. The van der Waals surface area contributed by atoms with E-state index in [4.69, 9.17) is 0 Å². The van der Waals surface area contributed by atoms with Gasteiger partial charge in [0.05, 0.1) is 5.69 Å². The molecule has 0 spiro atoms. The number of nitrogens with zero attached hydrogens (tertiary/aromatic N) is 4. The molecule has 23 heavy (non-hydrogen) atoms. The van der Waals surface area contributed by atoms with Gasteiger partial charge in [0.2, 0.25) is 0 Å². The third-order valence-corrected chi connectivity index (χ3v) is 4.20. The smallest absolute Gasteiger partial charge is 0.258 e. The largest absolute Gasteiger partial charge is 0.307 e. The van der Waals surface area contributed by atoms with Crippen molar-refractivity contribution in [3.8, 4) is 5.82 Å². The zero-order valence-electron chi connectivity index (χ0n) is 12.8. The Hall–Kier alpha value is -2.95. The minimum Gasteiger partial charge on any atom is -0.307 e. The van der Waals surface area contributed by atoms with Gasteiger partial charge < -0.3 is 4.90 Å². The summed E-state index contributed by atoms with van der Waals surface area (Å²) in [5, 5.41) is 0. The molecule has 4 rings (SSSR count). The topological polar surface area (TPSA) is 51.0 Å². The van der Waals surface area contributed by atoms with E-state index < -0.39 is 0 Å². The Labute approximate surface area is 134 Å². The number of imidazole rings is 1. The summed E-state index contributed by atoms with van der Waals surface area (Å²) in [6.45, 7) is 2.77. The second-order valence-corrected chi connectivity index (χ2v) is 5.66. The molecule has 0 aliphatic carbocycles. The van der Waals surface area contributed by atoms with Gasteiger partial charge in [-0.25, -0.2) is 9.97 Å². The number of anilines is 1. The predicted molar refractivity (Wildman–Crippen MR) is 87.9 cm³/mol. The number of amides is 1. The number of para-hydroxylation sites is 1. The molecule has 1 aliphatic rings. The number of carbonyl (C=O) groups is 1. The van der Waals surface area contributed by atoms with Gasteiger partial charge in [0.15, 0.2) is 0 Å². The van der Waals surface area contributed by atoms with E-state index in [1.54, 1.807) is 35.4 Å². The van der Waals surface area contributed by atoms with E-state index in [1.165, 1.54) is 5.56 Å². The Morgan fingerprint density at radius 3 is 2.96 bits per heavy atom. The van der Waals surface area contributed by atoms with Crippen LogP contribution in [0.4, 0.5) is 5.69 Å². The van der Waals surface area contributed by atoms with E-state index >= 15 is 0 Å². The van der Waals surface area contributed by atoms with E-state index in [0.717, 1.165) is 24.2 Å². The first-order chi connectivity index (χ1) is 11.2. The molecule has 0 saturated heterocycles.